The molecule has 1 aliphatic carbocycles. The van der Waals surface area contributed by atoms with Crippen molar-refractivity contribution in [2.45, 2.75) is 64.7 Å². The molecule has 0 aromatic carbocycles. The molecule has 0 bridgehead atoms. The Labute approximate surface area is 121 Å². The van der Waals surface area contributed by atoms with Crippen LogP contribution in [0.5, 0.6) is 0 Å². The van der Waals surface area contributed by atoms with Crippen LogP contribution >= 0.6 is 11.3 Å². The smallest absolute Gasteiger partial charge is 0.120 e. The highest BCUT2D eigenvalue weighted by molar-refractivity contribution is 7.11. The molecule has 1 N–H and O–H groups in total. The van der Waals surface area contributed by atoms with Gasteiger partial charge in [-0.25, -0.2) is 0 Å². The monoisotopic (exact) mass is 281 g/mol. The number of rotatable bonds is 7. The molecule has 2 rings (SSSR count). The minimum absolute atomic E-state index is 0.707. The minimum atomic E-state index is 0.707. The lowest BCUT2D eigenvalue weighted by molar-refractivity contribution is 0.440. The van der Waals surface area contributed by atoms with Crippen molar-refractivity contribution in [2.24, 2.45) is 5.92 Å². The van der Waals surface area contributed by atoms with Gasteiger partial charge in [0.2, 0.25) is 0 Å². The first-order chi connectivity index (χ1) is 9.25. The van der Waals surface area contributed by atoms with Crippen molar-refractivity contribution < 1.29 is 0 Å². The van der Waals surface area contributed by atoms with Gasteiger partial charge < -0.3 is 5.32 Å². The van der Waals surface area contributed by atoms with E-state index in [-0.39, 0.29) is 0 Å². The topological polar surface area (TPSA) is 37.8 Å². The number of hydrogen-bond acceptors (Lipinski definition) is 4. The summed E-state index contributed by atoms with van der Waals surface area (Å²) in [6.45, 7) is 6.70. The SMILES string of the molecule is CC(C)CNCCCc1nnc(C2CCCCC2)s1. The van der Waals surface area contributed by atoms with Gasteiger partial charge in [0, 0.05) is 12.3 Å². The summed E-state index contributed by atoms with van der Waals surface area (Å²) in [5, 5.41) is 14.8. The first-order valence-electron chi connectivity index (χ1n) is 7.78. The van der Waals surface area contributed by atoms with Gasteiger partial charge in [0.15, 0.2) is 0 Å². The summed E-state index contributed by atoms with van der Waals surface area (Å²) in [6, 6.07) is 0. The molecule has 1 aromatic rings. The van der Waals surface area contributed by atoms with Crippen molar-refractivity contribution >= 4 is 11.3 Å². The summed E-state index contributed by atoms with van der Waals surface area (Å²) in [4.78, 5) is 0. The summed E-state index contributed by atoms with van der Waals surface area (Å²) in [5.74, 6) is 1.44. The molecule has 0 spiro atoms. The van der Waals surface area contributed by atoms with E-state index in [9.17, 15) is 0 Å². The average Bonchev–Trinajstić information content (AvgIpc) is 2.88. The molecule has 0 atom stereocenters. The average molecular weight is 281 g/mol. The maximum absolute atomic E-state index is 4.42. The molecule has 1 aromatic heterocycles. The molecule has 4 heteroatoms. The predicted octanol–water partition coefficient (Wildman–Crippen LogP) is 3.76. The molecule has 0 amide bonds. The zero-order valence-electron chi connectivity index (χ0n) is 12.3. The van der Waals surface area contributed by atoms with E-state index in [1.165, 1.54) is 48.5 Å². The number of aromatic nitrogens is 2. The van der Waals surface area contributed by atoms with E-state index in [1.807, 2.05) is 11.3 Å². The van der Waals surface area contributed by atoms with Crippen LogP contribution in [0, 0.1) is 5.92 Å². The maximum atomic E-state index is 4.42. The molecule has 3 nitrogen and oxygen atoms in total. The zero-order chi connectivity index (χ0) is 13.5. The normalized spacial score (nSPS) is 17.2. The van der Waals surface area contributed by atoms with Gasteiger partial charge in [0.05, 0.1) is 0 Å². The zero-order valence-corrected chi connectivity index (χ0v) is 13.1. The van der Waals surface area contributed by atoms with E-state index < -0.39 is 0 Å². The number of aryl methyl sites for hydroxylation is 1. The first kappa shape index (κ1) is 14.9. The largest absolute Gasteiger partial charge is 0.316 e. The van der Waals surface area contributed by atoms with Crippen LogP contribution in [-0.4, -0.2) is 23.3 Å². The molecule has 1 saturated carbocycles. The van der Waals surface area contributed by atoms with Crippen LogP contribution in [0.2, 0.25) is 0 Å². The van der Waals surface area contributed by atoms with Crippen molar-refractivity contribution in [3.8, 4) is 0 Å². The second-order valence-electron chi connectivity index (χ2n) is 6.07. The number of hydrogen-bond donors (Lipinski definition) is 1. The Morgan fingerprint density at radius 2 is 2.00 bits per heavy atom. The van der Waals surface area contributed by atoms with E-state index in [4.69, 9.17) is 0 Å². The van der Waals surface area contributed by atoms with E-state index in [1.54, 1.807) is 0 Å². The molecule has 1 fully saturated rings. The Bertz CT molecular complexity index is 356. The predicted molar refractivity (Wildman–Crippen MR) is 81.8 cm³/mol. The number of nitrogens with zero attached hydrogens (tertiary/aromatic N) is 2. The summed E-state index contributed by atoms with van der Waals surface area (Å²) >= 11 is 1.85. The summed E-state index contributed by atoms with van der Waals surface area (Å²) in [6.07, 6.45) is 9.05. The van der Waals surface area contributed by atoms with Crippen molar-refractivity contribution in [3.63, 3.8) is 0 Å². The van der Waals surface area contributed by atoms with Crippen LogP contribution in [0.1, 0.15) is 68.3 Å². The third-order valence-corrected chi connectivity index (χ3v) is 4.88. The molecule has 1 aliphatic rings. The lowest BCUT2D eigenvalue weighted by Gasteiger charge is -2.18. The van der Waals surface area contributed by atoms with Crippen LogP contribution in [-0.2, 0) is 6.42 Å². The van der Waals surface area contributed by atoms with Crippen molar-refractivity contribution in [2.75, 3.05) is 13.1 Å². The molecular formula is C15H27N3S. The van der Waals surface area contributed by atoms with Crippen LogP contribution in [0.4, 0.5) is 0 Å². The Kier molecular flexibility index (Phi) is 6.24. The lowest BCUT2D eigenvalue weighted by Crippen LogP contribution is -2.21. The highest BCUT2D eigenvalue weighted by Gasteiger charge is 2.19. The van der Waals surface area contributed by atoms with Gasteiger partial charge in [-0.1, -0.05) is 33.1 Å². The van der Waals surface area contributed by atoms with E-state index in [2.05, 4.69) is 29.4 Å². The van der Waals surface area contributed by atoms with Crippen molar-refractivity contribution in [3.05, 3.63) is 10.0 Å². The maximum Gasteiger partial charge on any atom is 0.120 e. The van der Waals surface area contributed by atoms with Gasteiger partial charge in [-0.05, 0) is 38.3 Å². The fraction of sp³-hybridized carbons (Fsp3) is 0.867. The Morgan fingerprint density at radius 3 is 2.74 bits per heavy atom. The Morgan fingerprint density at radius 1 is 1.21 bits per heavy atom. The highest BCUT2D eigenvalue weighted by Crippen LogP contribution is 2.34. The van der Waals surface area contributed by atoms with Gasteiger partial charge in [0.1, 0.15) is 10.0 Å². The van der Waals surface area contributed by atoms with Crippen molar-refractivity contribution in [1.29, 1.82) is 0 Å². The van der Waals surface area contributed by atoms with E-state index in [0.29, 0.717) is 5.92 Å². The van der Waals surface area contributed by atoms with Crippen LogP contribution in [0.15, 0.2) is 0 Å². The summed E-state index contributed by atoms with van der Waals surface area (Å²) in [5.41, 5.74) is 0. The van der Waals surface area contributed by atoms with Gasteiger partial charge in [-0.3, -0.25) is 0 Å². The van der Waals surface area contributed by atoms with Gasteiger partial charge >= 0.3 is 0 Å². The minimum Gasteiger partial charge on any atom is -0.316 e. The van der Waals surface area contributed by atoms with Gasteiger partial charge in [-0.15, -0.1) is 21.5 Å². The molecular weight excluding hydrogens is 254 g/mol. The van der Waals surface area contributed by atoms with Crippen LogP contribution in [0.3, 0.4) is 0 Å². The second kappa shape index (κ2) is 7.95. The Hall–Kier alpha value is -0.480. The second-order valence-corrected chi connectivity index (χ2v) is 7.16. The molecule has 19 heavy (non-hydrogen) atoms. The summed E-state index contributed by atoms with van der Waals surface area (Å²) in [7, 11) is 0. The molecule has 0 unspecified atom stereocenters. The lowest BCUT2D eigenvalue weighted by atomic mass is 9.90. The molecule has 0 saturated heterocycles. The molecule has 0 radical (unpaired) electrons. The van der Waals surface area contributed by atoms with Gasteiger partial charge in [-0.2, -0.15) is 0 Å². The molecule has 108 valence electrons. The van der Waals surface area contributed by atoms with Crippen molar-refractivity contribution in [1.82, 2.24) is 15.5 Å². The van der Waals surface area contributed by atoms with Crippen LogP contribution < -0.4 is 5.32 Å². The number of nitrogens with one attached hydrogen (secondary N) is 1. The molecule has 1 heterocycles. The quantitative estimate of drug-likeness (QED) is 0.773. The fourth-order valence-corrected chi connectivity index (χ4v) is 3.69. The standard InChI is InChI=1S/C15H27N3S/c1-12(2)11-16-10-6-9-14-17-18-15(19-14)13-7-4-3-5-8-13/h12-13,16H,3-11H2,1-2H3. The third-order valence-electron chi connectivity index (χ3n) is 3.73. The molecule has 0 aliphatic heterocycles. The van der Waals surface area contributed by atoms with Crippen LogP contribution in [0.25, 0.3) is 0 Å². The fourth-order valence-electron chi connectivity index (χ4n) is 2.64. The third kappa shape index (κ3) is 5.19. The van der Waals surface area contributed by atoms with E-state index in [0.717, 1.165) is 25.4 Å². The Balaban J connectivity index is 1.68. The first-order valence-corrected chi connectivity index (χ1v) is 8.60. The van der Waals surface area contributed by atoms with Gasteiger partial charge in [0.25, 0.3) is 0 Å². The highest BCUT2D eigenvalue weighted by atomic mass is 32.1. The summed E-state index contributed by atoms with van der Waals surface area (Å²) < 4.78 is 0. The van der Waals surface area contributed by atoms with E-state index >= 15 is 0 Å².